The van der Waals surface area contributed by atoms with Gasteiger partial charge in [0, 0.05) is 29.7 Å². The van der Waals surface area contributed by atoms with Gasteiger partial charge in [-0.1, -0.05) is 6.07 Å². The Kier molecular flexibility index (Phi) is 5.93. The molecule has 0 spiro atoms. The fraction of sp³-hybridized carbons (Fsp3) is 0.353. The van der Waals surface area contributed by atoms with Gasteiger partial charge >= 0.3 is 0 Å². The molecule has 1 aromatic heterocycles. The van der Waals surface area contributed by atoms with Crippen LogP contribution in [0.2, 0.25) is 0 Å². The SMILES string of the molecule is COc1cccc(C(=O)N2CSC[C@@H]2C(=O)NCCc2cscn2)c1. The van der Waals surface area contributed by atoms with E-state index in [1.165, 1.54) is 11.3 Å². The second-order valence-corrected chi connectivity index (χ2v) is 7.26. The van der Waals surface area contributed by atoms with Crippen LogP contribution in [-0.2, 0) is 11.2 Å². The van der Waals surface area contributed by atoms with E-state index < -0.39 is 6.04 Å². The number of aromatic nitrogens is 1. The van der Waals surface area contributed by atoms with Gasteiger partial charge in [-0.3, -0.25) is 9.59 Å². The van der Waals surface area contributed by atoms with E-state index >= 15 is 0 Å². The van der Waals surface area contributed by atoms with Gasteiger partial charge in [0.25, 0.3) is 5.91 Å². The third-order valence-corrected chi connectivity index (χ3v) is 5.57. The van der Waals surface area contributed by atoms with E-state index in [9.17, 15) is 9.59 Å². The van der Waals surface area contributed by atoms with Crippen LogP contribution in [-0.4, -0.2) is 53.0 Å². The van der Waals surface area contributed by atoms with Gasteiger partial charge in [-0.15, -0.1) is 23.1 Å². The molecule has 1 aliphatic rings. The molecular weight excluding hydrogens is 358 g/mol. The number of benzene rings is 1. The third kappa shape index (κ3) is 4.32. The molecule has 2 heterocycles. The molecule has 0 saturated carbocycles. The maximum absolute atomic E-state index is 12.8. The smallest absolute Gasteiger partial charge is 0.255 e. The molecule has 0 unspecified atom stereocenters. The Hall–Kier alpha value is -2.06. The predicted molar refractivity (Wildman–Crippen MR) is 99.1 cm³/mol. The average Bonchev–Trinajstić information content (AvgIpc) is 3.32. The molecule has 2 amide bonds. The Morgan fingerprint density at radius 3 is 3.08 bits per heavy atom. The predicted octanol–water partition coefficient (Wildman–Crippen LogP) is 2.03. The minimum atomic E-state index is -0.445. The van der Waals surface area contributed by atoms with Crippen LogP contribution in [0, 0.1) is 0 Å². The van der Waals surface area contributed by atoms with Crippen molar-refractivity contribution in [3.63, 3.8) is 0 Å². The molecule has 1 saturated heterocycles. The highest BCUT2D eigenvalue weighted by Crippen LogP contribution is 2.24. The van der Waals surface area contributed by atoms with Gasteiger partial charge in [0.15, 0.2) is 0 Å². The van der Waals surface area contributed by atoms with Crippen molar-refractivity contribution in [1.29, 1.82) is 0 Å². The van der Waals surface area contributed by atoms with E-state index in [0.29, 0.717) is 35.9 Å². The van der Waals surface area contributed by atoms with Crippen molar-refractivity contribution in [2.75, 3.05) is 25.3 Å². The Morgan fingerprint density at radius 2 is 2.32 bits per heavy atom. The van der Waals surface area contributed by atoms with Crippen LogP contribution in [0.25, 0.3) is 0 Å². The van der Waals surface area contributed by atoms with Crippen molar-refractivity contribution in [3.05, 3.63) is 46.4 Å². The van der Waals surface area contributed by atoms with Gasteiger partial charge in [-0.25, -0.2) is 4.98 Å². The van der Waals surface area contributed by atoms with E-state index in [2.05, 4.69) is 10.3 Å². The average molecular weight is 377 g/mol. The molecule has 3 rings (SSSR count). The number of ether oxygens (including phenoxy) is 1. The molecule has 2 aromatic rings. The molecular formula is C17H19N3O3S2. The molecule has 1 aliphatic heterocycles. The summed E-state index contributed by atoms with van der Waals surface area (Å²) in [6.45, 7) is 0.519. The van der Waals surface area contributed by atoms with Crippen molar-refractivity contribution < 1.29 is 14.3 Å². The lowest BCUT2D eigenvalue weighted by Gasteiger charge is -2.23. The van der Waals surface area contributed by atoms with Crippen LogP contribution in [0.4, 0.5) is 0 Å². The van der Waals surface area contributed by atoms with Gasteiger partial charge in [0.05, 0.1) is 24.2 Å². The van der Waals surface area contributed by atoms with Gasteiger partial charge < -0.3 is 15.0 Å². The number of amides is 2. The molecule has 8 heteroatoms. The number of thiazole rings is 1. The van der Waals surface area contributed by atoms with E-state index in [1.54, 1.807) is 53.5 Å². The largest absolute Gasteiger partial charge is 0.497 e. The number of methoxy groups -OCH3 is 1. The van der Waals surface area contributed by atoms with Gasteiger partial charge in [-0.05, 0) is 18.2 Å². The van der Waals surface area contributed by atoms with E-state index in [1.807, 2.05) is 5.38 Å². The zero-order valence-electron chi connectivity index (χ0n) is 13.8. The van der Waals surface area contributed by atoms with Crippen molar-refractivity contribution in [3.8, 4) is 5.75 Å². The quantitative estimate of drug-likeness (QED) is 0.834. The Bertz CT molecular complexity index is 736. The van der Waals surface area contributed by atoms with Crippen molar-refractivity contribution in [1.82, 2.24) is 15.2 Å². The van der Waals surface area contributed by atoms with Crippen LogP contribution in [0.5, 0.6) is 5.75 Å². The fourth-order valence-corrected chi connectivity index (χ4v) is 4.32. The minimum absolute atomic E-state index is 0.114. The molecule has 25 heavy (non-hydrogen) atoms. The summed E-state index contributed by atoms with van der Waals surface area (Å²) in [6.07, 6.45) is 0.693. The zero-order chi connectivity index (χ0) is 17.6. The summed E-state index contributed by atoms with van der Waals surface area (Å²) in [5.74, 6) is 1.49. The topological polar surface area (TPSA) is 71.5 Å². The first-order valence-electron chi connectivity index (χ1n) is 7.86. The number of nitrogens with zero attached hydrogens (tertiary/aromatic N) is 2. The van der Waals surface area contributed by atoms with Crippen molar-refractivity contribution >= 4 is 34.9 Å². The van der Waals surface area contributed by atoms with Crippen LogP contribution in [0.15, 0.2) is 35.2 Å². The van der Waals surface area contributed by atoms with Crippen LogP contribution in [0.3, 0.4) is 0 Å². The lowest BCUT2D eigenvalue weighted by Crippen LogP contribution is -2.47. The maximum atomic E-state index is 12.8. The first-order valence-corrected chi connectivity index (χ1v) is 9.96. The highest BCUT2D eigenvalue weighted by Gasteiger charge is 2.35. The molecule has 0 bridgehead atoms. The Labute approximate surface area is 154 Å². The normalized spacial score (nSPS) is 16.7. The second-order valence-electron chi connectivity index (χ2n) is 5.54. The van der Waals surface area contributed by atoms with Crippen LogP contribution >= 0.6 is 23.1 Å². The number of hydrogen-bond acceptors (Lipinski definition) is 6. The lowest BCUT2D eigenvalue weighted by atomic mass is 10.1. The second kappa shape index (κ2) is 8.35. The summed E-state index contributed by atoms with van der Waals surface area (Å²) < 4.78 is 5.17. The standard InChI is InChI=1S/C17H19N3O3S2/c1-23-14-4-2-3-12(7-14)17(22)20-11-25-9-15(20)16(21)18-6-5-13-8-24-10-19-13/h2-4,7-8,10,15H,5-6,9,11H2,1H3,(H,18,21)/t15-/m1/s1. The van der Waals surface area contributed by atoms with E-state index in [0.717, 1.165) is 5.69 Å². The molecule has 1 fully saturated rings. The Morgan fingerprint density at radius 1 is 1.44 bits per heavy atom. The number of hydrogen-bond donors (Lipinski definition) is 1. The van der Waals surface area contributed by atoms with Gasteiger partial charge in [0.2, 0.25) is 5.91 Å². The van der Waals surface area contributed by atoms with Gasteiger partial charge in [-0.2, -0.15) is 0 Å². The lowest BCUT2D eigenvalue weighted by molar-refractivity contribution is -0.124. The highest BCUT2D eigenvalue weighted by atomic mass is 32.2. The van der Waals surface area contributed by atoms with Crippen LogP contribution in [0.1, 0.15) is 16.1 Å². The molecule has 1 atom stereocenters. The number of rotatable bonds is 6. The summed E-state index contributed by atoms with van der Waals surface area (Å²) in [7, 11) is 1.56. The molecule has 0 radical (unpaired) electrons. The van der Waals surface area contributed by atoms with E-state index in [4.69, 9.17) is 4.74 Å². The number of carbonyl (C=O) groups is 2. The first kappa shape index (κ1) is 17.8. The molecule has 1 aromatic carbocycles. The third-order valence-electron chi connectivity index (χ3n) is 3.93. The fourth-order valence-electron chi connectivity index (χ4n) is 2.57. The van der Waals surface area contributed by atoms with E-state index in [-0.39, 0.29) is 11.8 Å². The molecule has 132 valence electrons. The van der Waals surface area contributed by atoms with Crippen molar-refractivity contribution in [2.24, 2.45) is 0 Å². The number of nitrogens with one attached hydrogen (secondary N) is 1. The first-order chi connectivity index (χ1) is 12.2. The molecule has 1 N–H and O–H groups in total. The summed E-state index contributed by atoms with van der Waals surface area (Å²) >= 11 is 3.12. The number of thioether (sulfide) groups is 1. The Balaban J connectivity index is 1.60. The highest BCUT2D eigenvalue weighted by molar-refractivity contribution is 7.99. The van der Waals surface area contributed by atoms with Crippen molar-refractivity contribution in [2.45, 2.75) is 12.5 Å². The monoisotopic (exact) mass is 377 g/mol. The minimum Gasteiger partial charge on any atom is -0.497 e. The molecule has 6 nitrogen and oxygen atoms in total. The summed E-state index contributed by atoms with van der Waals surface area (Å²) in [5.41, 5.74) is 3.27. The van der Waals surface area contributed by atoms with Gasteiger partial charge in [0.1, 0.15) is 11.8 Å². The summed E-state index contributed by atoms with van der Waals surface area (Å²) in [4.78, 5) is 31.1. The summed E-state index contributed by atoms with van der Waals surface area (Å²) in [6, 6.07) is 6.56. The zero-order valence-corrected chi connectivity index (χ0v) is 15.4. The summed E-state index contributed by atoms with van der Waals surface area (Å²) in [5, 5.41) is 4.88. The maximum Gasteiger partial charge on any atom is 0.255 e. The number of carbonyl (C=O) groups excluding carboxylic acids is 2. The van der Waals surface area contributed by atoms with Crippen LogP contribution < -0.4 is 10.1 Å². The molecule has 0 aliphatic carbocycles.